The fourth-order valence-electron chi connectivity index (χ4n) is 3.41. The maximum Gasteiger partial charge on any atom is 0.224 e. The number of carbonyl (C=O) groups is 1. The van der Waals surface area contributed by atoms with Crippen molar-refractivity contribution in [2.45, 2.75) is 43.7 Å². The molecule has 2 aliphatic heterocycles. The van der Waals surface area contributed by atoms with Gasteiger partial charge in [-0.1, -0.05) is 0 Å². The summed E-state index contributed by atoms with van der Waals surface area (Å²) in [5, 5.41) is 2.80. The van der Waals surface area contributed by atoms with E-state index in [1.165, 1.54) is 0 Å². The Labute approximate surface area is 138 Å². The van der Waals surface area contributed by atoms with Gasteiger partial charge in [0.15, 0.2) is 11.6 Å². The quantitative estimate of drug-likeness (QED) is 0.858. The molecule has 0 unspecified atom stereocenters. The van der Waals surface area contributed by atoms with Crippen LogP contribution in [0, 0.1) is 17.5 Å². The number of carbonyl (C=O) groups excluding carboxylic acids is 1. The molecule has 24 heavy (non-hydrogen) atoms. The summed E-state index contributed by atoms with van der Waals surface area (Å²) in [4.78, 5) is 12.1. The van der Waals surface area contributed by atoms with Crippen molar-refractivity contribution in [3.8, 4) is 0 Å². The third-order valence-corrected chi connectivity index (χ3v) is 4.74. The number of benzene rings is 1. The van der Waals surface area contributed by atoms with Gasteiger partial charge >= 0.3 is 0 Å². The Morgan fingerprint density at radius 3 is 2.62 bits per heavy atom. The predicted octanol–water partition coefficient (Wildman–Crippen LogP) is 2.49. The predicted molar refractivity (Wildman–Crippen MR) is 79.9 cm³/mol. The first-order chi connectivity index (χ1) is 11.5. The lowest BCUT2D eigenvalue weighted by molar-refractivity contribution is -0.143. The van der Waals surface area contributed by atoms with Crippen LogP contribution < -0.4 is 5.32 Å². The Bertz CT molecular complexity index is 612. The summed E-state index contributed by atoms with van der Waals surface area (Å²) in [6.45, 7) is 1.77. The van der Waals surface area contributed by atoms with Gasteiger partial charge in [-0.15, -0.1) is 0 Å². The van der Waals surface area contributed by atoms with Gasteiger partial charge in [0.25, 0.3) is 0 Å². The Kier molecular flexibility index (Phi) is 5.10. The van der Waals surface area contributed by atoms with Gasteiger partial charge in [-0.25, -0.2) is 13.2 Å². The number of nitrogens with one attached hydrogen (secondary N) is 1. The maximum atomic E-state index is 13.7. The summed E-state index contributed by atoms with van der Waals surface area (Å²) >= 11 is 0. The van der Waals surface area contributed by atoms with Crippen LogP contribution in [0.2, 0.25) is 0 Å². The molecule has 0 saturated carbocycles. The molecule has 0 radical (unpaired) electrons. The van der Waals surface area contributed by atoms with Crippen LogP contribution in [-0.2, 0) is 20.7 Å². The number of amides is 1. The van der Waals surface area contributed by atoms with E-state index in [2.05, 4.69) is 5.32 Å². The first-order valence-corrected chi connectivity index (χ1v) is 8.12. The highest BCUT2D eigenvalue weighted by molar-refractivity contribution is 5.79. The van der Waals surface area contributed by atoms with E-state index in [0.29, 0.717) is 38.7 Å². The largest absolute Gasteiger partial charge is 0.381 e. The molecule has 2 saturated heterocycles. The van der Waals surface area contributed by atoms with Crippen LogP contribution in [0.15, 0.2) is 12.1 Å². The highest BCUT2D eigenvalue weighted by atomic mass is 19.2. The minimum absolute atomic E-state index is 0.121. The van der Waals surface area contributed by atoms with Crippen LogP contribution in [0.3, 0.4) is 0 Å². The van der Waals surface area contributed by atoms with Gasteiger partial charge in [-0.05, 0) is 37.8 Å². The summed E-state index contributed by atoms with van der Waals surface area (Å²) in [5.41, 5.74) is -0.829. The Morgan fingerprint density at radius 2 is 1.88 bits per heavy atom. The molecule has 1 aromatic rings. The Morgan fingerprint density at radius 1 is 1.17 bits per heavy atom. The summed E-state index contributed by atoms with van der Waals surface area (Å²) < 4.78 is 51.7. The molecule has 3 rings (SSSR count). The first-order valence-electron chi connectivity index (χ1n) is 8.12. The Balaban J connectivity index is 1.62. The van der Waals surface area contributed by atoms with Crippen molar-refractivity contribution in [3.05, 3.63) is 35.1 Å². The number of halogens is 3. The van der Waals surface area contributed by atoms with E-state index < -0.39 is 35.3 Å². The molecule has 1 aromatic carbocycles. The van der Waals surface area contributed by atoms with Gasteiger partial charge in [0.05, 0.1) is 12.0 Å². The Hall–Kier alpha value is -1.60. The van der Waals surface area contributed by atoms with E-state index in [1.807, 2.05) is 0 Å². The molecular formula is C17H20F3NO3. The smallest absolute Gasteiger partial charge is 0.224 e. The fourth-order valence-corrected chi connectivity index (χ4v) is 3.41. The monoisotopic (exact) mass is 343 g/mol. The maximum absolute atomic E-state index is 13.7. The van der Waals surface area contributed by atoms with Crippen LogP contribution in [0.5, 0.6) is 0 Å². The minimum Gasteiger partial charge on any atom is -0.381 e. The van der Waals surface area contributed by atoms with Gasteiger partial charge in [0, 0.05) is 31.4 Å². The highest BCUT2D eigenvalue weighted by Gasteiger charge is 2.39. The van der Waals surface area contributed by atoms with Crippen molar-refractivity contribution < 1.29 is 27.4 Å². The number of ether oxygens (including phenoxy) is 2. The second kappa shape index (κ2) is 7.11. The van der Waals surface area contributed by atoms with Crippen molar-refractivity contribution in [1.82, 2.24) is 5.32 Å². The van der Waals surface area contributed by atoms with Crippen LogP contribution >= 0.6 is 0 Å². The zero-order valence-corrected chi connectivity index (χ0v) is 13.2. The second-order valence-corrected chi connectivity index (χ2v) is 6.40. The summed E-state index contributed by atoms with van der Waals surface area (Å²) in [6.07, 6.45) is 2.31. The molecule has 0 aromatic heterocycles. The van der Waals surface area contributed by atoms with Crippen molar-refractivity contribution in [2.24, 2.45) is 0 Å². The average Bonchev–Trinajstić information content (AvgIpc) is 2.56. The van der Waals surface area contributed by atoms with Crippen molar-refractivity contribution in [1.29, 1.82) is 0 Å². The lowest BCUT2D eigenvalue weighted by Crippen LogP contribution is -2.51. The summed E-state index contributed by atoms with van der Waals surface area (Å²) in [7, 11) is 0. The fraction of sp³-hybridized carbons (Fsp3) is 0.588. The molecule has 7 heteroatoms. The third kappa shape index (κ3) is 3.72. The molecule has 1 spiro atoms. The van der Waals surface area contributed by atoms with Crippen LogP contribution in [0.25, 0.3) is 0 Å². The van der Waals surface area contributed by atoms with E-state index >= 15 is 0 Å². The molecule has 2 heterocycles. The van der Waals surface area contributed by atoms with Crippen molar-refractivity contribution in [3.63, 3.8) is 0 Å². The lowest BCUT2D eigenvalue weighted by atomic mass is 9.84. The molecule has 0 bridgehead atoms. The highest BCUT2D eigenvalue weighted by Crippen LogP contribution is 2.34. The zero-order chi connectivity index (χ0) is 17.2. The molecule has 132 valence electrons. The lowest BCUT2D eigenvalue weighted by Gasteiger charge is -2.43. The molecule has 2 aliphatic rings. The van der Waals surface area contributed by atoms with Crippen LogP contribution in [0.4, 0.5) is 13.2 Å². The third-order valence-electron chi connectivity index (χ3n) is 4.74. The molecular weight excluding hydrogens is 323 g/mol. The second-order valence-electron chi connectivity index (χ2n) is 6.40. The zero-order valence-electron chi connectivity index (χ0n) is 13.2. The first kappa shape index (κ1) is 17.2. The number of hydrogen-bond acceptors (Lipinski definition) is 3. The number of rotatable bonds is 3. The van der Waals surface area contributed by atoms with Gasteiger partial charge in [0.2, 0.25) is 5.91 Å². The van der Waals surface area contributed by atoms with Crippen molar-refractivity contribution in [2.75, 3.05) is 19.8 Å². The van der Waals surface area contributed by atoms with Crippen molar-refractivity contribution >= 4 is 5.91 Å². The molecule has 4 nitrogen and oxygen atoms in total. The normalized spacial score (nSPS) is 23.2. The van der Waals surface area contributed by atoms with Gasteiger partial charge in [0.1, 0.15) is 5.82 Å². The van der Waals surface area contributed by atoms with Gasteiger partial charge < -0.3 is 14.8 Å². The SMILES string of the molecule is O=C(Cc1c(F)ccc(F)c1F)N[C@@H]1CCOC2(CCOCC2)C1. The van der Waals surface area contributed by atoms with E-state index in [0.717, 1.165) is 18.9 Å². The van der Waals surface area contributed by atoms with Crippen LogP contribution in [-0.4, -0.2) is 37.4 Å². The molecule has 0 aliphatic carbocycles. The van der Waals surface area contributed by atoms with Gasteiger partial charge in [-0.2, -0.15) is 0 Å². The van der Waals surface area contributed by atoms with Gasteiger partial charge in [-0.3, -0.25) is 4.79 Å². The van der Waals surface area contributed by atoms with Crippen LogP contribution in [0.1, 0.15) is 31.2 Å². The topological polar surface area (TPSA) is 47.6 Å². The molecule has 1 N–H and O–H groups in total. The summed E-state index contributed by atoms with van der Waals surface area (Å²) in [5.74, 6) is -3.91. The van der Waals surface area contributed by atoms with E-state index in [1.54, 1.807) is 0 Å². The summed E-state index contributed by atoms with van der Waals surface area (Å²) in [6, 6.07) is 1.41. The molecule has 1 atom stereocenters. The van der Waals surface area contributed by atoms with E-state index in [4.69, 9.17) is 9.47 Å². The number of hydrogen-bond donors (Lipinski definition) is 1. The average molecular weight is 343 g/mol. The standard InChI is InChI=1S/C17H20F3NO3/c18-13-1-2-14(19)16(20)12(13)9-15(22)21-11-3-6-24-17(10-11)4-7-23-8-5-17/h1-2,11H,3-10H2,(H,21,22)/t11-/m1/s1. The van der Waals surface area contributed by atoms with E-state index in [9.17, 15) is 18.0 Å². The molecule has 2 fully saturated rings. The molecule has 1 amide bonds. The minimum atomic E-state index is -1.31. The van der Waals surface area contributed by atoms with E-state index in [-0.39, 0.29) is 11.6 Å².